The molecule has 1 aliphatic rings. The van der Waals surface area contributed by atoms with E-state index in [2.05, 4.69) is 15.3 Å². The number of benzene rings is 1. The van der Waals surface area contributed by atoms with Gasteiger partial charge in [-0.1, -0.05) is 0 Å². The fourth-order valence-corrected chi connectivity index (χ4v) is 3.58. The molecule has 0 unspecified atom stereocenters. The average molecular weight is 372 g/mol. The lowest BCUT2D eigenvalue weighted by molar-refractivity contribution is -0.120. The van der Waals surface area contributed by atoms with Crippen molar-refractivity contribution >= 4 is 17.4 Å². The van der Waals surface area contributed by atoms with E-state index < -0.39 is 17.6 Å². The molecule has 1 amide bonds. The minimum absolute atomic E-state index is 0.0309. The van der Waals surface area contributed by atoms with E-state index in [1.807, 2.05) is 0 Å². The molecule has 1 saturated heterocycles. The average Bonchev–Trinajstić information content (AvgIpc) is 3.04. The monoisotopic (exact) mass is 372 g/mol. The molecule has 0 aliphatic carbocycles. The predicted octanol–water partition coefficient (Wildman–Crippen LogP) is 1.81. The number of nitrogens with zero attached hydrogens (tertiary/aromatic N) is 5. The molecule has 2 aromatic heterocycles. The smallest absolute Gasteiger partial charge is 0.228 e. The van der Waals surface area contributed by atoms with E-state index >= 15 is 0 Å². The number of rotatable bonds is 3. The van der Waals surface area contributed by atoms with Crippen LogP contribution in [0.5, 0.6) is 0 Å². The van der Waals surface area contributed by atoms with Gasteiger partial charge in [0.1, 0.15) is 11.6 Å². The summed E-state index contributed by atoms with van der Waals surface area (Å²) in [6.07, 6.45) is 0.0309. The quantitative estimate of drug-likeness (QED) is 0.757. The number of fused-ring (bicyclic) bond motifs is 1. The highest BCUT2D eigenvalue weighted by Gasteiger charge is 2.37. The van der Waals surface area contributed by atoms with Crippen LogP contribution in [0.25, 0.3) is 5.65 Å². The number of carbonyl (C=O) groups is 1. The minimum atomic E-state index is -0.535. The Labute approximate surface area is 153 Å². The summed E-state index contributed by atoms with van der Waals surface area (Å²) in [5, 5.41) is 12.4. The van der Waals surface area contributed by atoms with Gasteiger partial charge in [0.05, 0.1) is 0 Å². The zero-order valence-corrected chi connectivity index (χ0v) is 14.6. The molecule has 9 heteroatoms. The van der Waals surface area contributed by atoms with Crippen molar-refractivity contribution in [3.63, 3.8) is 0 Å². The lowest BCUT2D eigenvalue weighted by Gasteiger charge is -2.37. The normalized spacial score (nSPS) is 20.4. The highest BCUT2D eigenvalue weighted by atomic mass is 19.1. The number of hydrogen-bond acceptors (Lipinski definition) is 5. The first kappa shape index (κ1) is 17.5. The number of hydrogen-bond donors (Lipinski definition) is 1. The molecule has 0 spiro atoms. The van der Waals surface area contributed by atoms with Gasteiger partial charge in [-0.3, -0.25) is 9.69 Å². The van der Waals surface area contributed by atoms with E-state index in [4.69, 9.17) is 5.73 Å². The van der Waals surface area contributed by atoms with Crippen molar-refractivity contribution in [2.24, 2.45) is 11.7 Å². The fraction of sp³-hybridized carbons (Fsp3) is 0.333. The molecule has 1 aliphatic heterocycles. The molecule has 140 valence electrons. The van der Waals surface area contributed by atoms with E-state index in [-0.39, 0.29) is 36.9 Å². The number of anilines is 1. The Morgan fingerprint density at radius 1 is 1.22 bits per heavy atom. The second kappa shape index (κ2) is 6.66. The summed E-state index contributed by atoms with van der Waals surface area (Å²) in [4.78, 5) is 14.3. The van der Waals surface area contributed by atoms with Crippen LogP contribution in [-0.4, -0.2) is 38.8 Å². The summed E-state index contributed by atoms with van der Waals surface area (Å²) in [6, 6.07) is 6.72. The SMILES string of the molecule is Cc1nnc2ccc(N3C[C@H](CN)[C@@H](c4cc(F)ccc4F)CC3=O)nn12. The molecule has 2 N–H and O–H groups in total. The number of carbonyl (C=O) groups excluding carboxylic acids is 1. The maximum atomic E-state index is 14.2. The molecule has 3 heterocycles. The third-order valence-electron chi connectivity index (χ3n) is 5.02. The predicted molar refractivity (Wildman–Crippen MR) is 94.1 cm³/mol. The Hall–Kier alpha value is -2.94. The van der Waals surface area contributed by atoms with Crippen molar-refractivity contribution in [1.82, 2.24) is 19.8 Å². The van der Waals surface area contributed by atoms with Crippen LogP contribution < -0.4 is 10.6 Å². The highest BCUT2D eigenvalue weighted by molar-refractivity contribution is 5.94. The van der Waals surface area contributed by atoms with E-state index in [0.717, 1.165) is 18.2 Å². The zero-order chi connectivity index (χ0) is 19.1. The zero-order valence-electron chi connectivity index (χ0n) is 14.6. The first-order chi connectivity index (χ1) is 13.0. The lowest BCUT2D eigenvalue weighted by Crippen LogP contribution is -2.46. The molecular weight excluding hydrogens is 354 g/mol. The molecule has 3 aromatic rings. The lowest BCUT2D eigenvalue weighted by atomic mass is 9.80. The summed E-state index contributed by atoms with van der Waals surface area (Å²) >= 11 is 0. The maximum absolute atomic E-state index is 14.2. The Balaban J connectivity index is 1.67. The first-order valence-electron chi connectivity index (χ1n) is 8.62. The second-order valence-corrected chi connectivity index (χ2v) is 6.69. The number of amides is 1. The fourth-order valence-electron chi connectivity index (χ4n) is 3.58. The van der Waals surface area contributed by atoms with Crippen LogP contribution >= 0.6 is 0 Å². The van der Waals surface area contributed by atoms with E-state index in [0.29, 0.717) is 17.3 Å². The Kier molecular flexibility index (Phi) is 4.31. The van der Waals surface area contributed by atoms with Crippen LogP contribution in [0.3, 0.4) is 0 Å². The number of aromatic nitrogens is 4. The van der Waals surface area contributed by atoms with Crippen molar-refractivity contribution < 1.29 is 13.6 Å². The highest BCUT2D eigenvalue weighted by Crippen LogP contribution is 2.36. The maximum Gasteiger partial charge on any atom is 0.228 e. The molecule has 1 fully saturated rings. The van der Waals surface area contributed by atoms with Crippen LogP contribution in [0.4, 0.5) is 14.6 Å². The van der Waals surface area contributed by atoms with Gasteiger partial charge in [-0.25, -0.2) is 8.78 Å². The second-order valence-electron chi connectivity index (χ2n) is 6.69. The summed E-state index contributed by atoms with van der Waals surface area (Å²) in [5.74, 6) is -0.925. The van der Waals surface area contributed by atoms with Crippen LogP contribution in [-0.2, 0) is 4.79 Å². The van der Waals surface area contributed by atoms with Gasteiger partial charge < -0.3 is 5.73 Å². The van der Waals surface area contributed by atoms with Crippen LogP contribution in [0, 0.1) is 24.5 Å². The number of aryl methyl sites for hydroxylation is 1. The van der Waals surface area contributed by atoms with Gasteiger partial charge in [0.2, 0.25) is 5.91 Å². The van der Waals surface area contributed by atoms with E-state index in [1.54, 1.807) is 23.6 Å². The Bertz CT molecular complexity index is 1020. The van der Waals surface area contributed by atoms with Gasteiger partial charge in [-0.15, -0.1) is 15.3 Å². The van der Waals surface area contributed by atoms with Crippen LogP contribution in [0.1, 0.15) is 23.7 Å². The summed E-state index contributed by atoms with van der Waals surface area (Å²) in [6.45, 7) is 2.27. The number of nitrogens with two attached hydrogens (primary N) is 1. The largest absolute Gasteiger partial charge is 0.330 e. The minimum Gasteiger partial charge on any atom is -0.330 e. The molecule has 27 heavy (non-hydrogen) atoms. The van der Waals surface area contributed by atoms with Gasteiger partial charge >= 0.3 is 0 Å². The molecule has 1 aromatic carbocycles. The first-order valence-corrected chi connectivity index (χ1v) is 8.62. The number of halogens is 2. The Morgan fingerprint density at radius 2 is 2.04 bits per heavy atom. The van der Waals surface area contributed by atoms with Crippen molar-refractivity contribution in [2.75, 3.05) is 18.0 Å². The van der Waals surface area contributed by atoms with E-state index in [9.17, 15) is 13.6 Å². The van der Waals surface area contributed by atoms with Gasteiger partial charge in [0.15, 0.2) is 17.3 Å². The van der Waals surface area contributed by atoms with Gasteiger partial charge in [-0.05, 0) is 55.3 Å². The van der Waals surface area contributed by atoms with Crippen molar-refractivity contribution in [3.05, 3.63) is 53.4 Å². The van der Waals surface area contributed by atoms with Crippen LogP contribution in [0.15, 0.2) is 30.3 Å². The third-order valence-corrected chi connectivity index (χ3v) is 5.02. The van der Waals surface area contributed by atoms with Gasteiger partial charge in [0.25, 0.3) is 0 Å². The van der Waals surface area contributed by atoms with Crippen molar-refractivity contribution in [3.8, 4) is 0 Å². The topological polar surface area (TPSA) is 89.4 Å². The molecule has 4 rings (SSSR count). The summed E-state index contributed by atoms with van der Waals surface area (Å²) < 4.78 is 29.4. The van der Waals surface area contributed by atoms with Crippen molar-refractivity contribution in [2.45, 2.75) is 19.3 Å². The molecule has 0 bridgehead atoms. The molecule has 0 radical (unpaired) electrons. The number of piperidine rings is 1. The summed E-state index contributed by atoms with van der Waals surface area (Å²) in [7, 11) is 0. The van der Waals surface area contributed by atoms with Gasteiger partial charge in [-0.2, -0.15) is 4.52 Å². The molecular formula is C18H18F2N6O. The molecule has 7 nitrogen and oxygen atoms in total. The van der Waals surface area contributed by atoms with Gasteiger partial charge in [0, 0.05) is 18.9 Å². The van der Waals surface area contributed by atoms with Crippen molar-refractivity contribution in [1.29, 1.82) is 0 Å². The molecule has 0 saturated carbocycles. The standard InChI is InChI=1S/C18H18F2N6O/c1-10-22-23-16-4-5-17(24-26(10)16)25-9-11(8-21)13(7-18(25)27)14-6-12(19)2-3-15(14)20/h2-6,11,13H,7-9,21H2,1H3/t11-,13-/m0/s1. The third kappa shape index (κ3) is 3.03. The van der Waals surface area contributed by atoms with Crippen LogP contribution in [0.2, 0.25) is 0 Å². The van der Waals surface area contributed by atoms with E-state index in [1.165, 1.54) is 4.90 Å². The Morgan fingerprint density at radius 3 is 2.81 bits per heavy atom. The molecule has 2 atom stereocenters. The summed E-state index contributed by atoms with van der Waals surface area (Å²) in [5.41, 5.74) is 6.67.